The van der Waals surface area contributed by atoms with E-state index in [0.717, 1.165) is 25.6 Å². The van der Waals surface area contributed by atoms with Crippen LogP contribution in [-0.4, -0.2) is 56.7 Å². The molecule has 0 saturated carbocycles. The molecular formula is C13H29Cl2N3O2. The summed E-state index contributed by atoms with van der Waals surface area (Å²) in [6.45, 7) is 6.65. The molecule has 7 heteroatoms. The molecule has 0 bridgehead atoms. The Morgan fingerprint density at radius 1 is 1.40 bits per heavy atom. The quantitative estimate of drug-likeness (QED) is 0.732. The second-order valence-corrected chi connectivity index (χ2v) is 5.17. The van der Waals surface area contributed by atoms with Crippen LogP contribution in [0.1, 0.15) is 26.2 Å². The lowest BCUT2D eigenvalue weighted by molar-refractivity contribution is -0.123. The van der Waals surface area contributed by atoms with Crippen LogP contribution in [0.2, 0.25) is 0 Å². The Balaban J connectivity index is 0. The number of ether oxygens (including phenoxy) is 1. The molecule has 1 aliphatic heterocycles. The van der Waals surface area contributed by atoms with Crippen molar-refractivity contribution in [3.63, 3.8) is 0 Å². The van der Waals surface area contributed by atoms with Gasteiger partial charge in [0, 0.05) is 26.7 Å². The van der Waals surface area contributed by atoms with E-state index in [1.165, 1.54) is 12.8 Å². The molecule has 1 unspecified atom stereocenters. The van der Waals surface area contributed by atoms with Gasteiger partial charge in [0.05, 0.1) is 12.5 Å². The molecule has 1 amide bonds. The van der Waals surface area contributed by atoms with E-state index in [0.29, 0.717) is 19.5 Å². The molecule has 1 heterocycles. The summed E-state index contributed by atoms with van der Waals surface area (Å²) in [5.41, 5.74) is 5.48. The zero-order chi connectivity index (χ0) is 13.4. The van der Waals surface area contributed by atoms with Gasteiger partial charge in [0.1, 0.15) is 0 Å². The molecule has 1 fully saturated rings. The van der Waals surface area contributed by atoms with Crippen LogP contribution < -0.4 is 11.1 Å². The summed E-state index contributed by atoms with van der Waals surface area (Å²) in [5, 5.41) is 2.92. The van der Waals surface area contributed by atoms with Crippen molar-refractivity contribution in [2.24, 2.45) is 11.7 Å². The third-order valence-corrected chi connectivity index (χ3v) is 3.64. The van der Waals surface area contributed by atoms with Crippen molar-refractivity contribution in [2.75, 3.05) is 39.8 Å². The molecule has 0 aliphatic carbocycles. The largest absolute Gasteiger partial charge is 0.380 e. The lowest BCUT2D eigenvalue weighted by Gasteiger charge is -2.30. The van der Waals surface area contributed by atoms with Crippen LogP contribution in [0.25, 0.3) is 0 Å². The van der Waals surface area contributed by atoms with E-state index in [-0.39, 0.29) is 36.8 Å². The second kappa shape index (κ2) is 12.7. The molecule has 1 saturated heterocycles. The molecule has 0 aromatic carbocycles. The first kappa shape index (κ1) is 22.2. The van der Waals surface area contributed by atoms with E-state index < -0.39 is 0 Å². The average molecular weight is 330 g/mol. The number of piperidine rings is 1. The van der Waals surface area contributed by atoms with Crippen molar-refractivity contribution in [3.8, 4) is 0 Å². The molecular weight excluding hydrogens is 301 g/mol. The molecule has 1 aliphatic rings. The van der Waals surface area contributed by atoms with Gasteiger partial charge in [0.15, 0.2) is 0 Å². The maximum atomic E-state index is 11.6. The Kier molecular flexibility index (Phi) is 14.1. The number of halogens is 2. The molecule has 122 valence electrons. The SMILES string of the molecule is COC(CN)CC(=O)NCCN1CCC(C)CC1.Cl.Cl. The Morgan fingerprint density at radius 2 is 2.00 bits per heavy atom. The summed E-state index contributed by atoms with van der Waals surface area (Å²) in [5.74, 6) is 0.875. The molecule has 20 heavy (non-hydrogen) atoms. The lowest BCUT2D eigenvalue weighted by atomic mass is 9.99. The summed E-state index contributed by atoms with van der Waals surface area (Å²) in [6.07, 6.45) is 2.73. The Morgan fingerprint density at radius 3 is 2.50 bits per heavy atom. The first-order valence-electron chi connectivity index (χ1n) is 6.87. The molecule has 0 aromatic heterocycles. The second-order valence-electron chi connectivity index (χ2n) is 5.17. The molecule has 3 N–H and O–H groups in total. The van der Waals surface area contributed by atoms with Crippen LogP contribution in [0, 0.1) is 5.92 Å². The number of nitrogens with one attached hydrogen (secondary N) is 1. The van der Waals surface area contributed by atoms with Crippen molar-refractivity contribution in [3.05, 3.63) is 0 Å². The number of hydrogen-bond donors (Lipinski definition) is 2. The third kappa shape index (κ3) is 8.97. The van der Waals surface area contributed by atoms with Gasteiger partial charge in [-0.25, -0.2) is 0 Å². The molecule has 5 nitrogen and oxygen atoms in total. The summed E-state index contributed by atoms with van der Waals surface area (Å²) in [7, 11) is 1.58. The van der Waals surface area contributed by atoms with Crippen molar-refractivity contribution < 1.29 is 9.53 Å². The monoisotopic (exact) mass is 329 g/mol. The zero-order valence-electron chi connectivity index (χ0n) is 12.5. The molecule has 0 spiro atoms. The number of nitrogens with zero attached hydrogens (tertiary/aromatic N) is 1. The van der Waals surface area contributed by atoms with Crippen LogP contribution in [0.3, 0.4) is 0 Å². The fraction of sp³-hybridized carbons (Fsp3) is 0.923. The van der Waals surface area contributed by atoms with E-state index >= 15 is 0 Å². The minimum Gasteiger partial charge on any atom is -0.380 e. The first-order chi connectivity index (χ1) is 8.65. The Hall–Kier alpha value is -0.0700. The maximum Gasteiger partial charge on any atom is 0.222 e. The first-order valence-corrected chi connectivity index (χ1v) is 6.87. The van der Waals surface area contributed by atoms with E-state index in [2.05, 4.69) is 17.1 Å². The van der Waals surface area contributed by atoms with E-state index in [4.69, 9.17) is 10.5 Å². The summed E-state index contributed by atoms with van der Waals surface area (Å²) in [6, 6.07) is 0. The number of amides is 1. The maximum absolute atomic E-state index is 11.6. The van der Waals surface area contributed by atoms with Crippen LogP contribution in [0.5, 0.6) is 0 Å². The third-order valence-electron chi connectivity index (χ3n) is 3.64. The topological polar surface area (TPSA) is 67.6 Å². The zero-order valence-corrected chi connectivity index (χ0v) is 14.1. The number of methoxy groups -OCH3 is 1. The summed E-state index contributed by atoms with van der Waals surface area (Å²) in [4.78, 5) is 14.0. The highest BCUT2D eigenvalue weighted by atomic mass is 35.5. The summed E-state index contributed by atoms with van der Waals surface area (Å²) >= 11 is 0. The van der Waals surface area contributed by atoms with Gasteiger partial charge in [0.2, 0.25) is 5.91 Å². The average Bonchev–Trinajstić information content (AvgIpc) is 2.38. The molecule has 1 atom stereocenters. The number of hydrogen-bond acceptors (Lipinski definition) is 4. The van der Waals surface area contributed by atoms with E-state index in [1.807, 2.05) is 0 Å². The standard InChI is InChI=1S/C13H27N3O2.2ClH/c1-11-3-6-16(7-4-11)8-5-15-13(17)9-12(10-14)18-2;;/h11-12H,3-10,14H2,1-2H3,(H,15,17);2*1H. The fourth-order valence-electron chi connectivity index (χ4n) is 2.18. The molecule has 1 rings (SSSR count). The normalized spacial score (nSPS) is 17.8. The lowest BCUT2D eigenvalue weighted by Crippen LogP contribution is -2.40. The minimum absolute atomic E-state index is 0. The van der Waals surface area contributed by atoms with Crippen molar-refractivity contribution in [2.45, 2.75) is 32.3 Å². The number of carbonyl (C=O) groups excluding carboxylic acids is 1. The Labute approximate surface area is 134 Å². The number of likely N-dealkylation sites (tertiary alicyclic amines) is 1. The predicted octanol–water partition coefficient (Wildman–Crippen LogP) is 1.04. The minimum atomic E-state index is -0.166. The van der Waals surface area contributed by atoms with Gasteiger partial charge in [-0.15, -0.1) is 24.8 Å². The highest BCUT2D eigenvalue weighted by Crippen LogP contribution is 2.15. The number of nitrogens with two attached hydrogens (primary N) is 1. The van der Waals surface area contributed by atoms with Crippen molar-refractivity contribution in [1.82, 2.24) is 10.2 Å². The Bertz CT molecular complexity index is 246. The van der Waals surface area contributed by atoms with Gasteiger partial charge in [0.25, 0.3) is 0 Å². The highest BCUT2D eigenvalue weighted by molar-refractivity contribution is 5.85. The van der Waals surface area contributed by atoms with Crippen molar-refractivity contribution in [1.29, 1.82) is 0 Å². The molecule has 0 radical (unpaired) electrons. The number of carbonyl (C=O) groups is 1. The smallest absolute Gasteiger partial charge is 0.222 e. The van der Waals surface area contributed by atoms with Gasteiger partial charge in [-0.05, 0) is 31.8 Å². The predicted molar refractivity (Wildman–Crippen MR) is 86.8 cm³/mol. The van der Waals surface area contributed by atoms with Gasteiger partial charge in [-0.1, -0.05) is 6.92 Å². The van der Waals surface area contributed by atoms with Gasteiger partial charge in [-0.3, -0.25) is 4.79 Å². The van der Waals surface area contributed by atoms with Crippen LogP contribution in [0.4, 0.5) is 0 Å². The van der Waals surface area contributed by atoms with Crippen molar-refractivity contribution >= 4 is 30.7 Å². The highest BCUT2D eigenvalue weighted by Gasteiger charge is 2.15. The summed E-state index contributed by atoms with van der Waals surface area (Å²) < 4.78 is 5.08. The van der Waals surface area contributed by atoms with Gasteiger partial charge in [-0.2, -0.15) is 0 Å². The fourth-order valence-corrected chi connectivity index (χ4v) is 2.18. The molecule has 0 aromatic rings. The van der Waals surface area contributed by atoms with Crippen LogP contribution >= 0.6 is 24.8 Å². The van der Waals surface area contributed by atoms with Gasteiger partial charge < -0.3 is 20.7 Å². The van der Waals surface area contributed by atoms with Gasteiger partial charge >= 0.3 is 0 Å². The number of rotatable bonds is 7. The van der Waals surface area contributed by atoms with Crippen LogP contribution in [0.15, 0.2) is 0 Å². The van der Waals surface area contributed by atoms with E-state index in [9.17, 15) is 4.79 Å². The van der Waals surface area contributed by atoms with E-state index in [1.54, 1.807) is 7.11 Å². The van der Waals surface area contributed by atoms with Crippen LogP contribution in [-0.2, 0) is 9.53 Å².